The van der Waals surface area contributed by atoms with Gasteiger partial charge in [-0.25, -0.2) is 9.59 Å². The largest absolute Gasteiger partial charge is 0.480 e. The van der Waals surface area contributed by atoms with Gasteiger partial charge in [0.1, 0.15) is 12.6 Å². The number of fused-ring (bicyclic) bond motifs is 3. The Bertz CT molecular complexity index is 1020. The van der Waals surface area contributed by atoms with Gasteiger partial charge in [0, 0.05) is 18.4 Å². The van der Waals surface area contributed by atoms with Crippen molar-refractivity contribution >= 4 is 18.0 Å². The monoisotopic (exact) mass is 464 g/mol. The molecule has 2 aromatic carbocycles. The lowest BCUT2D eigenvalue weighted by molar-refractivity contribution is -0.142. The zero-order valence-corrected chi connectivity index (χ0v) is 19.6. The van der Waals surface area contributed by atoms with Crippen molar-refractivity contribution in [1.82, 2.24) is 10.6 Å². The Morgan fingerprint density at radius 1 is 0.971 bits per heavy atom. The second-order valence-electron chi connectivity index (χ2n) is 9.71. The summed E-state index contributed by atoms with van der Waals surface area (Å²) < 4.78 is 5.63. The molecule has 0 saturated heterocycles. The number of amides is 2. The molecule has 2 aliphatic rings. The number of ether oxygens (including phenoxy) is 1. The Balaban J connectivity index is 1.34. The predicted octanol–water partition coefficient (Wildman–Crippen LogP) is 4.31. The Kier molecular flexibility index (Phi) is 7.20. The van der Waals surface area contributed by atoms with Crippen molar-refractivity contribution in [2.24, 2.45) is 11.8 Å². The van der Waals surface area contributed by atoms with Gasteiger partial charge in [-0.3, -0.25) is 4.79 Å². The van der Waals surface area contributed by atoms with Crippen LogP contribution in [0.1, 0.15) is 56.6 Å². The van der Waals surface area contributed by atoms with Crippen LogP contribution in [0.15, 0.2) is 48.5 Å². The van der Waals surface area contributed by atoms with E-state index in [0.717, 1.165) is 35.1 Å². The van der Waals surface area contributed by atoms with Gasteiger partial charge < -0.3 is 20.5 Å². The zero-order chi connectivity index (χ0) is 24.2. The molecule has 4 rings (SSSR count). The molecule has 3 N–H and O–H groups in total. The van der Waals surface area contributed by atoms with Crippen LogP contribution in [0.2, 0.25) is 0 Å². The minimum Gasteiger partial charge on any atom is -0.480 e. The van der Waals surface area contributed by atoms with Crippen molar-refractivity contribution in [3.63, 3.8) is 0 Å². The van der Waals surface area contributed by atoms with E-state index in [1.807, 2.05) is 38.1 Å². The van der Waals surface area contributed by atoms with Crippen molar-refractivity contribution in [1.29, 1.82) is 0 Å². The van der Waals surface area contributed by atoms with Gasteiger partial charge in [0.2, 0.25) is 5.91 Å². The van der Waals surface area contributed by atoms with E-state index in [2.05, 4.69) is 34.9 Å². The van der Waals surface area contributed by atoms with Gasteiger partial charge in [0.25, 0.3) is 0 Å². The highest BCUT2D eigenvalue weighted by Gasteiger charge is 2.35. The number of carboxylic acids is 1. The third-order valence-electron chi connectivity index (χ3n) is 6.58. The van der Waals surface area contributed by atoms with Gasteiger partial charge in [0.05, 0.1) is 0 Å². The van der Waals surface area contributed by atoms with Gasteiger partial charge in [-0.2, -0.15) is 0 Å². The van der Waals surface area contributed by atoms with E-state index >= 15 is 0 Å². The summed E-state index contributed by atoms with van der Waals surface area (Å²) in [6.07, 6.45) is 1.70. The summed E-state index contributed by atoms with van der Waals surface area (Å²) in [5.74, 6) is -1.11. The summed E-state index contributed by atoms with van der Waals surface area (Å²) in [6.45, 7) is 4.03. The zero-order valence-electron chi connectivity index (χ0n) is 19.6. The van der Waals surface area contributed by atoms with Crippen LogP contribution < -0.4 is 10.6 Å². The molecule has 1 fully saturated rings. The number of benzene rings is 2. The number of alkyl carbamates (subject to hydrolysis) is 1. The van der Waals surface area contributed by atoms with Gasteiger partial charge in [-0.1, -0.05) is 62.4 Å². The van der Waals surface area contributed by atoms with Crippen molar-refractivity contribution in [3.05, 3.63) is 59.7 Å². The molecule has 0 aromatic heterocycles. The first kappa shape index (κ1) is 23.8. The minimum atomic E-state index is -1.05. The fourth-order valence-corrected chi connectivity index (χ4v) is 4.77. The first-order valence-corrected chi connectivity index (χ1v) is 12.0. The number of hydrogen-bond donors (Lipinski definition) is 3. The van der Waals surface area contributed by atoms with E-state index < -0.39 is 18.1 Å². The molecule has 0 radical (unpaired) electrons. The van der Waals surface area contributed by atoms with Crippen LogP contribution in [-0.2, 0) is 14.3 Å². The molecule has 180 valence electrons. The molecule has 2 amide bonds. The Morgan fingerprint density at radius 2 is 1.56 bits per heavy atom. The highest BCUT2D eigenvalue weighted by molar-refractivity contribution is 5.84. The second-order valence-corrected chi connectivity index (χ2v) is 9.71. The van der Waals surface area contributed by atoms with Crippen LogP contribution in [-0.4, -0.2) is 41.8 Å². The van der Waals surface area contributed by atoms with E-state index in [0.29, 0.717) is 6.42 Å². The molecular weight excluding hydrogens is 432 g/mol. The number of aliphatic carboxylic acids is 1. The minimum absolute atomic E-state index is 0.0341. The van der Waals surface area contributed by atoms with Gasteiger partial charge >= 0.3 is 12.1 Å². The van der Waals surface area contributed by atoms with Crippen LogP contribution in [0.25, 0.3) is 11.1 Å². The molecule has 0 spiro atoms. The van der Waals surface area contributed by atoms with Crippen LogP contribution in [0, 0.1) is 11.8 Å². The maximum Gasteiger partial charge on any atom is 0.407 e. The average Bonchev–Trinajstić information content (AvgIpc) is 3.59. The van der Waals surface area contributed by atoms with Gasteiger partial charge in [-0.15, -0.1) is 0 Å². The molecule has 0 heterocycles. The topological polar surface area (TPSA) is 105 Å². The van der Waals surface area contributed by atoms with Gasteiger partial charge in [-0.05, 0) is 53.4 Å². The van der Waals surface area contributed by atoms with E-state index in [9.17, 15) is 19.5 Å². The Hall–Kier alpha value is -3.35. The lowest BCUT2D eigenvalue weighted by Gasteiger charge is -2.21. The molecule has 2 aliphatic carbocycles. The number of carbonyl (C=O) groups is 3. The van der Waals surface area contributed by atoms with Crippen LogP contribution in [0.3, 0.4) is 0 Å². The molecule has 2 atom stereocenters. The van der Waals surface area contributed by atoms with Crippen molar-refractivity contribution in [2.45, 2.75) is 57.5 Å². The number of carbonyl (C=O) groups excluding carboxylic acids is 2. The van der Waals surface area contributed by atoms with Crippen molar-refractivity contribution in [2.75, 3.05) is 6.61 Å². The van der Waals surface area contributed by atoms with Crippen LogP contribution in [0.5, 0.6) is 0 Å². The first-order valence-electron chi connectivity index (χ1n) is 12.0. The van der Waals surface area contributed by atoms with Crippen molar-refractivity contribution < 1.29 is 24.2 Å². The van der Waals surface area contributed by atoms with Gasteiger partial charge in [0.15, 0.2) is 0 Å². The second kappa shape index (κ2) is 10.3. The average molecular weight is 465 g/mol. The Labute approximate surface area is 199 Å². The molecule has 2 aromatic rings. The van der Waals surface area contributed by atoms with Crippen LogP contribution >= 0.6 is 0 Å². The molecule has 0 aliphatic heterocycles. The number of rotatable bonds is 10. The quantitative estimate of drug-likeness (QED) is 0.486. The fourth-order valence-electron chi connectivity index (χ4n) is 4.77. The molecule has 1 saturated carbocycles. The summed E-state index contributed by atoms with van der Waals surface area (Å²) in [5.41, 5.74) is 4.60. The summed E-state index contributed by atoms with van der Waals surface area (Å²) in [6, 6.07) is 15.0. The maximum atomic E-state index is 12.7. The third kappa shape index (κ3) is 5.58. The summed E-state index contributed by atoms with van der Waals surface area (Å²) in [5, 5.41) is 14.8. The third-order valence-corrected chi connectivity index (χ3v) is 6.58. The first-order chi connectivity index (χ1) is 16.3. The van der Waals surface area contributed by atoms with E-state index in [4.69, 9.17) is 4.74 Å². The Morgan fingerprint density at radius 3 is 2.09 bits per heavy atom. The van der Waals surface area contributed by atoms with E-state index in [1.54, 1.807) is 0 Å². The summed E-state index contributed by atoms with van der Waals surface area (Å²) in [4.78, 5) is 36.7. The lowest BCUT2D eigenvalue weighted by Crippen LogP contribution is -2.46. The smallest absolute Gasteiger partial charge is 0.407 e. The number of nitrogens with one attached hydrogen (secondary N) is 2. The summed E-state index contributed by atoms with van der Waals surface area (Å²) >= 11 is 0. The summed E-state index contributed by atoms with van der Waals surface area (Å²) in [7, 11) is 0. The molecular formula is C27H32N2O5. The molecule has 7 nitrogen and oxygen atoms in total. The number of carboxylic acid groups (broad SMARTS) is 1. The normalized spacial score (nSPS) is 16.3. The highest BCUT2D eigenvalue weighted by Crippen LogP contribution is 2.44. The predicted molar refractivity (Wildman–Crippen MR) is 128 cm³/mol. The highest BCUT2D eigenvalue weighted by atomic mass is 16.5. The molecule has 7 heteroatoms. The lowest BCUT2D eigenvalue weighted by atomic mass is 9.98. The fraction of sp³-hybridized carbons (Fsp3) is 0.444. The van der Waals surface area contributed by atoms with Crippen LogP contribution in [0.4, 0.5) is 4.79 Å². The molecule has 1 unspecified atom stereocenters. The standard InChI is InChI=1S/C27H32N2O5/c1-16(2)13-24(26(31)32)28-25(30)14-23(17-11-12-17)29-27(33)34-15-22-20-9-5-3-7-18(20)19-8-4-6-10-21(19)22/h3-10,16-17,22-24H,11-15H2,1-2H3,(H,28,30)(H,29,33)(H,31,32)/t23?,24-/m0/s1. The molecule has 0 bridgehead atoms. The maximum absolute atomic E-state index is 12.7. The van der Waals surface area contributed by atoms with E-state index in [-0.39, 0.29) is 42.7 Å². The SMILES string of the molecule is CC(C)C[C@H](NC(=O)CC(NC(=O)OCC1c2ccccc2-c2ccccc21)C1CC1)C(=O)O. The molecule has 34 heavy (non-hydrogen) atoms. The van der Waals surface area contributed by atoms with Crippen molar-refractivity contribution in [3.8, 4) is 11.1 Å². The number of hydrogen-bond acceptors (Lipinski definition) is 4. The van der Waals surface area contributed by atoms with E-state index in [1.165, 1.54) is 0 Å².